The van der Waals surface area contributed by atoms with Crippen molar-refractivity contribution in [3.8, 4) is 0 Å². The van der Waals surface area contributed by atoms with E-state index in [9.17, 15) is 14.7 Å². The Kier molecular flexibility index (Phi) is 5.52. The summed E-state index contributed by atoms with van der Waals surface area (Å²) >= 11 is 6.02. The molecule has 25 heavy (non-hydrogen) atoms. The number of carboxylic acid groups (broad SMARTS) is 1. The van der Waals surface area contributed by atoms with Crippen molar-refractivity contribution in [1.29, 1.82) is 0 Å². The number of amides is 1. The Morgan fingerprint density at radius 3 is 2.60 bits per heavy atom. The molecule has 0 aliphatic heterocycles. The number of ether oxygens (including phenoxy) is 1. The van der Waals surface area contributed by atoms with Crippen LogP contribution in [0.4, 0.5) is 4.79 Å². The van der Waals surface area contributed by atoms with E-state index >= 15 is 0 Å². The lowest BCUT2D eigenvalue weighted by atomic mass is 9.85. The maximum absolute atomic E-state index is 12.3. The summed E-state index contributed by atoms with van der Waals surface area (Å²) < 4.78 is 5.59. The second kappa shape index (κ2) is 7.65. The SMILES string of the molecule is O=C(NC(CC1CCCCC1)C(=O)O)OC1(c2cccc(Cl)c2)CC1. The van der Waals surface area contributed by atoms with Gasteiger partial charge in [0.25, 0.3) is 0 Å². The van der Waals surface area contributed by atoms with E-state index in [0.29, 0.717) is 17.4 Å². The fourth-order valence-corrected chi connectivity index (χ4v) is 3.85. The van der Waals surface area contributed by atoms with Gasteiger partial charge in [-0.25, -0.2) is 9.59 Å². The second-order valence-electron chi connectivity index (χ2n) is 7.17. The highest BCUT2D eigenvalue weighted by Crippen LogP contribution is 2.49. The molecule has 2 saturated carbocycles. The summed E-state index contributed by atoms with van der Waals surface area (Å²) in [6.45, 7) is 0. The topological polar surface area (TPSA) is 75.6 Å². The van der Waals surface area contributed by atoms with Crippen LogP contribution in [0.15, 0.2) is 24.3 Å². The number of hydrogen-bond donors (Lipinski definition) is 2. The van der Waals surface area contributed by atoms with Crippen LogP contribution in [-0.4, -0.2) is 23.2 Å². The Labute approximate surface area is 152 Å². The van der Waals surface area contributed by atoms with Crippen molar-refractivity contribution < 1.29 is 19.4 Å². The number of hydrogen-bond acceptors (Lipinski definition) is 3. The monoisotopic (exact) mass is 365 g/mol. The van der Waals surface area contributed by atoms with Gasteiger partial charge in [-0.2, -0.15) is 0 Å². The fourth-order valence-electron chi connectivity index (χ4n) is 3.66. The number of nitrogens with one attached hydrogen (secondary N) is 1. The van der Waals surface area contributed by atoms with Gasteiger partial charge in [0.05, 0.1) is 0 Å². The average Bonchev–Trinajstić information content (AvgIpc) is 3.36. The molecule has 6 heteroatoms. The Hall–Kier alpha value is -1.75. The number of carbonyl (C=O) groups excluding carboxylic acids is 1. The predicted octanol–water partition coefficient (Wildman–Crippen LogP) is 4.48. The smallest absolute Gasteiger partial charge is 0.408 e. The minimum absolute atomic E-state index is 0.359. The van der Waals surface area contributed by atoms with Gasteiger partial charge in [0.2, 0.25) is 0 Å². The maximum Gasteiger partial charge on any atom is 0.408 e. The first-order chi connectivity index (χ1) is 12.0. The van der Waals surface area contributed by atoms with E-state index in [2.05, 4.69) is 5.32 Å². The van der Waals surface area contributed by atoms with Crippen molar-refractivity contribution in [3.63, 3.8) is 0 Å². The van der Waals surface area contributed by atoms with Crippen molar-refractivity contribution in [2.45, 2.75) is 63.0 Å². The number of carbonyl (C=O) groups is 2. The zero-order valence-corrected chi connectivity index (χ0v) is 14.9. The van der Waals surface area contributed by atoms with Gasteiger partial charge in [0.1, 0.15) is 11.6 Å². The van der Waals surface area contributed by atoms with Crippen molar-refractivity contribution in [3.05, 3.63) is 34.9 Å². The molecule has 1 unspecified atom stereocenters. The summed E-state index contributed by atoms with van der Waals surface area (Å²) in [6, 6.07) is 6.36. The molecule has 0 bridgehead atoms. The molecule has 1 amide bonds. The summed E-state index contributed by atoms with van der Waals surface area (Å²) in [7, 11) is 0. The zero-order valence-electron chi connectivity index (χ0n) is 14.2. The highest BCUT2D eigenvalue weighted by molar-refractivity contribution is 6.30. The molecule has 1 atom stereocenters. The molecule has 1 aromatic carbocycles. The molecule has 0 saturated heterocycles. The summed E-state index contributed by atoms with van der Waals surface area (Å²) in [6.07, 6.45) is 6.81. The van der Waals surface area contributed by atoms with Crippen molar-refractivity contribution in [1.82, 2.24) is 5.32 Å². The van der Waals surface area contributed by atoms with Crippen LogP contribution in [0, 0.1) is 5.92 Å². The number of aliphatic carboxylic acids is 1. The first-order valence-electron chi connectivity index (χ1n) is 8.97. The van der Waals surface area contributed by atoms with E-state index in [4.69, 9.17) is 16.3 Å². The Balaban J connectivity index is 1.59. The molecular weight excluding hydrogens is 342 g/mol. The highest BCUT2D eigenvalue weighted by Gasteiger charge is 2.49. The lowest BCUT2D eigenvalue weighted by Crippen LogP contribution is -2.43. The molecule has 136 valence electrons. The van der Waals surface area contributed by atoms with Crippen LogP contribution in [0.1, 0.15) is 56.9 Å². The third-order valence-electron chi connectivity index (χ3n) is 5.23. The van der Waals surface area contributed by atoms with Crippen molar-refractivity contribution in [2.75, 3.05) is 0 Å². The van der Waals surface area contributed by atoms with Crippen LogP contribution in [0.2, 0.25) is 5.02 Å². The standard InChI is InChI=1S/C19H24ClNO4/c20-15-8-4-7-14(12-15)19(9-10-19)25-18(24)21-16(17(22)23)11-13-5-2-1-3-6-13/h4,7-8,12-13,16H,1-3,5-6,9-11H2,(H,21,24)(H,22,23). The lowest BCUT2D eigenvalue weighted by Gasteiger charge is -2.25. The van der Waals surface area contributed by atoms with E-state index in [1.54, 1.807) is 12.1 Å². The van der Waals surface area contributed by atoms with Crippen LogP contribution in [0.25, 0.3) is 0 Å². The quantitative estimate of drug-likeness (QED) is 0.779. The average molecular weight is 366 g/mol. The minimum Gasteiger partial charge on any atom is -0.480 e. The van der Waals surface area contributed by atoms with Crippen LogP contribution in [0.3, 0.4) is 0 Å². The molecule has 3 rings (SSSR count). The molecule has 0 spiro atoms. The van der Waals surface area contributed by atoms with Gasteiger partial charge in [0, 0.05) is 5.02 Å². The Morgan fingerprint density at radius 2 is 2.00 bits per heavy atom. The molecule has 5 nitrogen and oxygen atoms in total. The van der Waals surface area contributed by atoms with Crippen LogP contribution in [-0.2, 0) is 15.1 Å². The summed E-state index contributed by atoms with van der Waals surface area (Å²) in [5, 5.41) is 12.6. The largest absolute Gasteiger partial charge is 0.480 e. The van der Waals surface area contributed by atoms with Gasteiger partial charge in [-0.3, -0.25) is 0 Å². The van der Waals surface area contributed by atoms with Gasteiger partial charge in [0.15, 0.2) is 0 Å². The van der Waals surface area contributed by atoms with Crippen LogP contribution in [0.5, 0.6) is 0 Å². The molecule has 2 aliphatic carbocycles. The van der Waals surface area contributed by atoms with Gasteiger partial charge < -0.3 is 15.2 Å². The number of halogens is 1. The van der Waals surface area contributed by atoms with Crippen molar-refractivity contribution >= 4 is 23.7 Å². The van der Waals surface area contributed by atoms with E-state index < -0.39 is 23.7 Å². The summed E-state index contributed by atoms with van der Waals surface area (Å²) in [4.78, 5) is 23.8. The highest BCUT2D eigenvalue weighted by atomic mass is 35.5. The Bertz CT molecular complexity index is 638. The minimum atomic E-state index is -1.00. The molecule has 2 aliphatic rings. The molecule has 0 aromatic heterocycles. The molecule has 0 radical (unpaired) electrons. The predicted molar refractivity (Wildman–Crippen MR) is 94.6 cm³/mol. The third-order valence-corrected chi connectivity index (χ3v) is 5.46. The number of carboxylic acids is 1. The number of rotatable bonds is 6. The van der Waals surface area contributed by atoms with Gasteiger partial charge in [-0.05, 0) is 42.9 Å². The number of benzene rings is 1. The zero-order chi connectivity index (χ0) is 17.9. The van der Waals surface area contributed by atoms with Crippen LogP contribution >= 0.6 is 11.6 Å². The second-order valence-corrected chi connectivity index (χ2v) is 7.61. The lowest BCUT2D eigenvalue weighted by molar-refractivity contribution is -0.140. The summed E-state index contributed by atoms with van der Waals surface area (Å²) in [5.41, 5.74) is 0.192. The van der Waals surface area contributed by atoms with Gasteiger partial charge in [-0.1, -0.05) is 55.8 Å². The number of alkyl carbamates (subject to hydrolysis) is 1. The van der Waals surface area contributed by atoms with E-state index in [0.717, 1.165) is 44.1 Å². The molecule has 2 fully saturated rings. The van der Waals surface area contributed by atoms with E-state index in [1.807, 2.05) is 12.1 Å². The molecular formula is C19H24ClNO4. The molecule has 2 N–H and O–H groups in total. The van der Waals surface area contributed by atoms with Gasteiger partial charge >= 0.3 is 12.1 Å². The third kappa shape index (κ3) is 4.66. The Morgan fingerprint density at radius 1 is 1.28 bits per heavy atom. The first kappa shape index (κ1) is 18.1. The van der Waals surface area contributed by atoms with E-state index in [1.165, 1.54) is 6.42 Å². The normalized spacial score (nSPS) is 20.5. The van der Waals surface area contributed by atoms with Crippen molar-refractivity contribution in [2.24, 2.45) is 5.92 Å². The summed E-state index contributed by atoms with van der Waals surface area (Å²) in [5.74, 6) is -0.645. The molecule has 0 heterocycles. The molecule has 1 aromatic rings. The fraction of sp³-hybridized carbons (Fsp3) is 0.579. The first-order valence-corrected chi connectivity index (χ1v) is 9.35. The van der Waals surface area contributed by atoms with Gasteiger partial charge in [-0.15, -0.1) is 0 Å². The maximum atomic E-state index is 12.3. The van der Waals surface area contributed by atoms with Crippen LogP contribution < -0.4 is 5.32 Å². The van der Waals surface area contributed by atoms with E-state index in [-0.39, 0.29) is 0 Å².